The predicted octanol–water partition coefficient (Wildman–Crippen LogP) is 3.05. The summed E-state index contributed by atoms with van der Waals surface area (Å²) < 4.78 is 23.8. The number of nitrogens with one attached hydrogen (secondary N) is 2. The monoisotopic (exact) mass is 364 g/mol. The minimum Gasteiger partial charge on any atom is -0.449 e. The van der Waals surface area contributed by atoms with Crippen molar-refractivity contribution < 1.29 is 27.9 Å². The number of aryl methyl sites for hydroxylation is 1. The fourth-order valence-corrected chi connectivity index (χ4v) is 2.24. The molecule has 0 saturated carbocycles. The number of carbonyl (C=O) groups excluding carboxylic acids is 3. The summed E-state index contributed by atoms with van der Waals surface area (Å²) in [6.07, 6.45) is -1.22. The highest BCUT2D eigenvalue weighted by atomic mass is 19.1. The van der Waals surface area contributed by atoms with Gasteiger partial charge in [-0.2, -0.15) is 0 Å². The van der Waals surface area contributed by atoms with E-state index in [2.05, 4.69) is 10.6 Å². The number of rotatable bonds is 3. The first kappa shape index (κ1) is 19.4. The second-order valence-electron chi connectivity index (χ2n) is 6.94. The van der Waals surface area contributed by atoms with Gasteiger partial charge in [0.05, 0.1) is 0 Å². The van der Waals surface area contributed by atoms with Gasteiger partial charge >= 0.3 is 12.0 Å². The molecule has 140 valence electrons. The molecule has 8 heteroatoms. The lowest BCUT2D eigenvalue weighted by Crippen LogP contribution is -2.50. The van der Waals surface area contributed by atoms with Crippen LogP contribution in [0.5, 0.6) is 0 Å². The number of benzene rings is 1. The Hall–Kier alpha value is -2.90. The average Bonchev–Trinajstić information content (AvgIpc) is 2.82. The van der Waals surface area contributed by atoms with Crippen LogP contribution in [0.1, 0.15) is 43.8 Å². The second-order valence-corrected chi connectivity index (χ2v) is 6.94. The smallest absolute Gasteiger partial charge is 0.375 e. The molecule has 0 bridgehead atoms. The molecule has 1 aromatic carbocycles. The van der Waals surface area contributed by atoms with Crippen LogP contribution in [-0.2, 0) is 9.53 Å². The standard InChI is InChI=1S/C18H21FN2O5/c1-9-12-8-11(19)6-7-13(12)26-14(9)16(23)25-10(2)15(22)20-17(24)21-18(3,4)5/h6-8,10H,1-5H3,(H2,20,21,22,24)/t10-/m1/s1. The maximum absolute atomic E-state index is 13.3. The first-order chi connectivity index (χ1) is 12.0. The van der Waals surface area contributed by atoms with Crippen molar-refractivity contribution in [2.24, 2.45) is 0 Å². The molecule has 0 aliphatic heterocycles. The lowest BCUT2D eigenvalue weighted by atomic mass is 10.1. The number of ether oxygens (including phenoxy) is 1. The van der Waals surface area contributed by atoms with Crippen LogP contribution in [0.15, 0.2) is 22.6 Å². The van der Waals surface area contributed by atoms with E-state index in [0.717, 1.165) is 0 Å². The molecule has 3 amide bonds. The fraction of sp³-hybridized carbons (Fsp3) is 0.389. The molecule has 1 aromatic heterocycles. The van der Waals surface area contributed by atoms with Gasteiger partial charge in [-0.3, -0.25) is 10.1 Å². The number of fused-ring (bicyclic) bond motifs is 1. The first-order valence-corrected chi connectivity index (χ1v) is 8.00. The Bertz CT molecular complexity index is 866. The van der Waals surface area contributed by atoms with Crippen LogP contribution in [0.2, 0.25) is 0 Å². The van der Waals surface area contributed by atoms with Crippen LogP contribution in [0, 0.1) is 12.7 Å². The number of hydrogen-bond acceptors (Lipinski definition) is 5. The van der Waals surface area contributed by atoms with Gasteiger partial charge < -0.3 is 14.5 Å². The van der Waals surface area contributed by atoms with Gasteiger partial charge in [0.2, 0.25) is 5.76 Å². The van der Waals surface area contributed by atoms with E-state index >= 15 is 0 Å². The van der Waals surface area contributed by atoms with Crippen LogP contribution < -0.4 is 10.6 Å². The lowest BCUT2D eigenvalue weighted by Gasteiger charge is -2.21. The van der Waals surface area contributed by atoms with Gasteiger partial charge in [0.25, 0.3) is 5.91 Å². The van der Waals surface area contributed by atoms with E-state index in [4.69, 9.17) is 9.15 Å². The van der Waals surface area contributed by atoms with E-state index in [-0.39, 0.29) is 5.76 Å². The lowest BCUT2D eigenvalue weighted by molar-refractivity contribution is -0.128. The Labute approximate surface area is 149 Å². The van der Waals surface area contributed by atoms with Crippen molar-refractivity contribution in [1.29, 1.82) is 0 Å². The van der Waals surface area contributed by atoms with Crippen molar-refractivity contribution in [3.63, 3.8) is 0 Å². The SMILES string of the molecule is Cc1c(C(=O)O[C@H](C)C(=O)NC(=O)NC(C)(C)C)oc2ccc(F)cc12. The largest absolute Gasteiger partial charge is 0.449 e. The number of urea groups is 1. The molecule has 2 rings (SSSR count). The van der Waals surface area contributed by atoms with Crippen molar-refractivity contribution in [3.8, 4) is 0 Å². The number of hydrogen-bond donors (Lipinski definition) is 2. The van der Waals surface area contributed by atoms with Gasteiger partial charge in [0.15, 0.2) is 6.10 Å². The van der Waals surface area contributed by atoms with Gasteiger partial charge in [-0.15, -0.1) is 0 Å². The molecule has 26 heavy (non-hydrogen) atoms. The Balaban J connectivity index is 2.06. The molecule has 1 heterocycles. The van der Waals surface area contributed by atoms with Gasteiger partial charge in [0, 0.05) is 16.5 Å². The van der Waals surface area contributed by atoms with Gasteiger partial charge in [0.1, 0.15) is 11.4 Å². The van der Waals surface area contributed by atoms with Crippen LogP contribution in [0.3, 0.4) is 0 Å². The highest BCUT2D eigenvalue weighted by molar-refractivity contribution is 6.00. The molecule has 0 aliphatic rings. The maximum Gasteiger partial charge on any atom is 0.375 e. The van der Waals surface area contributed by atoms with Crippen LogP contribution >= 0.6 is 0 Å². The number of halogens is 1. The zero-order valence-electron chi connectivity index (χ0n) is 15.2. The summed E-state index contributed by atoms with van der Waals surface area (Å²) in [5.41, 5.74) is 0.213. The summed E-state index contributed by atoms with van der Waals surface area (Å²) >= 11 is 0. The summed E-state index contributed by atoms with van der Waals surface area (Å²) in [5, 5.41) is 5.10. The van der Waals surface area contributed by atoms with Crippen molar-refractivity contribution in [3.05, 3.63) is 35.3 Å². The number of esters is 1. The average molecular weight is 364 g/mol. The number of carbonyl (C=O) groups is 3. The topological polar surface area (TPSA) is 97.6 Å². The minimum absolute atomic E-state index is 0.121. The molecular formula is C18H21FN2O5. The molecule has 2 N–H and O–H groups in total. The third-order valence-electron chi connectivity index (χ3n) is 3.46. The molecule has 0 spiro atoms. The quantitative estimate of drug-likeness (QED) is 0.816. The zero-order chi connectivity index (χ0) is 19.6. The van der Waals surface area contributed by atoms with E-state index in [1.165, 1.54) is 25.1 Å². The van der Waals surface area contributed by atoms with E-state index in [9.17, 15) is 18.8 Å². The number of imide groups is 1. The molecule has 7 nitrogen and oxygen atoms in total. The highest BCUT2D eigenvalue weighted by Crippen LogP contribution is 2.26. The normalized spacial score (nSPS) is 12.5. The molecular weight excluding hydrogens is 343 g/mol. The third kappa shape index (κ3) is 4.59. The van der Waals surface area contributed by atoms with E-state index < -0.39 is 35.4 Å². The first-order valence-electron chi connectivity index (χ1n) is 8.00. The van der Waals surface area contributed by atoms with Crippen molar-refractivity contribution in [1.82, 2.24) is 10.6 Å². The van der Waals surface area contributed by atoms with Crippen molar-refractivity contribution in [2.45, 2.75) is 46.3 Å². The Morgan fingerprint density at radius 3 is 2.50 bits per heavy atom. The number of furan rings is 1. The molecule has 0 aliphatic carbocycles. The summed E-state index contributed by atoms with van der Waals surface area (Å²) in [7, 11) is 0. The van der Waals surface area contributed by atoms with Crippen LogP contribution in [0.4, 0.5) is 9.18 Å². The molecule has 1 atom stereocenters. The highest BCUT2D eigenvalue weighted by Gasteiger charge is 2.26. The molecule has 0 saturated heterocycles. The molecule has 0 fully saturated rings. The summed E-state index contributed by atoms with van der Waals surface area (Å²) in [4.78, 5) is 35.9. The summed E-state index contributed by atoms with van der Waals surface area (Å²) in [5.74, 6) is -2.23. The van der Waals surface area contributed by atoms with Crippen molar-refractivity contribution in [2.75, 3.05) is 0 Å². The van der Waals surface area contributed by atoms with Gasteiger partial charge in [-0.05, 0) is 52.8 Å². The molecule has 2 aromatic rings. The minimum atomic E-state index is -1.22. The van der Waals surface area contributed by atoms with Crippen LogP contribution in [-0.4, -0.2) is 29.6 Å². The second kappa shape index (κ2) is 7.15. The van der Waals surface area contributed by atoms with E-state index in [0.29, 0.717) is 16.5 Å². The summed E-state index contributed by atoms with van der Waals surface area (Å²) in [6, 6.07) is 3.17. The molecule has 0 unspecified atom stereocenters. The Kier molecular flexibility index (Phi) is 5.34. The van der Waals surface area contributed by atoms with E-state index in [1.807, 2.05) is 0 Å². The van der Waals surface area contributed by atoms with E-state index in [1.54, 1.807) is 27.7 Å². The van der Waals surface area contributed by atoms with Crippen LogP contribution in [0.25, 0.3) is 11.0 Å². The third-order valence-corrected chi connectivity index (χ3v) is 3.46. The maximum atomic E-state index is 13.3. The van der Waals surface area contributed by atoms with Gasteiger partial charge in [-0.25, -0.2) is 14.0 Å². The Morgan fingerprint density at radius 2 is 1.88 bits per heavy atom. The fourth-order valence-electron chi connectivity index (χ4n) is 2.24. The Morgan fingerprint density at radius 1 is 1.23 bits per heavy atom. The predicted molar refractivity (Wildman–Crippen MR) is 92.2 cm³/mol. The van der Waals surface area contributed by atoms with Gasteiger partial charge in [-0.1, -0.05) is 0 Å². The summed E-state index contributed by atoms with van der Waals surface area (Å²) in [6.45, 7) is 8.19. The number of amides is 3. The molecule has 0 radical (unpaired) electrons. The zero-order valence-corrected chi connectivity index (χ0v) is 15.2. The van der Waals surface area contributed by atoms with Crippen molar-refractivity contribution >= 4 is 28.9 Å².